The van der Waals surface area contributed by atoms with Crippen LogP contribution in [0.1, 0.15) is 15.2 Å². The molecule has 0 saturated heterocycles. The average molecular weight is 306 g/mol. The second-order valence-corrected chi connectivity index (χ2v) is 7.08. The molecule has 0 spiro atoms. The second-order valence-electron chi connectivity index (χ2n) is 3.97. The number of rotatable bonds is 4. The first kappa shape index (κ1) is 12.8. The van der Waals surface area contributed by atoms with Crippen LogP contribution >= 0.6 is 34.4 Å². The van der Waals surface area contributed by atoms with Crippen LogP contribution in [0.3, 0.4) is 0 Å². The summed E-state index contributed by atoms with van der Waals surface area (Å²) in [6, 6.07) is 8.13. The fourth-order valence-electron chi connectivity index (χ4n) is 1.86. The molecule has 3 rings (SSSR count). The molecular formula is C13H10N2OS3. The van der Waals surface area contributed by atoms with Gasteiger partial charge in [0.2, 0.25) is 0 Å². The molecule has 0 radical (unpaired) electrons. The van der Waals surface area contributed by atoms with Gasteiger partial charge in [-0.25, -0.2) is 0 Å². The lowest BCUT2D eigenvalue weighted by Crippen LogP contribution is -2.01. The Hall–Kier alpha value is -1.24. The summed E-state index contributed by atoms with van der Waals surface area (Å²) in [5.41, 5.74) is 2.76. The zero-order valence-electron chi connectivity index (χ0n) is 10.1. The minimum Gasteiger partial charge on any atom is -0.292 e. The predicted octanol–water partition coefficient (Wildman–Crippen LogP) is 4.04. The average Bonchev–Trinajstić information content (AvgIpc) is 3.05. The highest BCUT2D eigenvalue weighted by atomic mass is 32.2. The number of Topliss-reactive ketones (excluding diaryl/α,β-unsaturated/α-hetero) is 1. The molecule has 2 heterocycles. The maximum atomic E-state index is 12.3. The molecule has 19 heavy (non-hydrogen) atoms. The van der Waals surface area contributed by atoms with Crippen molar-refractivity contribution < 1.29 is 4.79 Å². The number of hydrogen-bond acceptors (Lipinski definition) is 6. The molecule has 0 amide bonds. The number of aryl methyl sites for hydroxylation is 1. The number of benzene rings is 1. The summed E-state index contributed by atoms with van der Waals surface area (Å²) in [4.78, 5) is 13.1. The van der Waals surface area contributed by atoms with Crippen LogP contribution in [0.4, 0.5) is 0 Å². The van der Waals surface area contributed by atoms with Crippen LogP contribution in [0.2, 0.25) is 0 Å². The van der Waals surface area contributed by atoms with Crippen LogP contribution in [0.5, 0.6) is 0 Å². The smallest absolute Gasteiger partial charge is 0.183 e. The molecular weight excluding hydrogens is 296 g/mol. The summed E-state index contributed by atoms with van der Waals surface area (Å²) in [5.74, 6) is 0.585. The molecule has 0 aliphatic rings. The maximum Gasteiger partial charge on any atom is 0.183 e. The van der Waals surface area contributed by atoms with Gasteiger partial charge in [-0.2, -0.15) is 0 Å². The quantitative estimate of drug-likeness (QED) is 0.539. The lowest BCUT2D eigenvalue weighted by atomic mass is 10.1. The van der Waals surface area contributed by atoms with E-state index in [9.17, 15) is 4.79 Å². The number of thioether (sulfide) groups is 1. The van der Waals surface area contributed by atoms with E-state index in [0.717, 1.165) is 14.8 Å². The number of carbonyl (C=O) groups excluding carboxylic acids is 1. The SMILES string of the molecule is Cc1c(C(=O)CSc2nncs2)sc2ccccc12. The molecule has 0 N–H and O–H groups in total. The minimum atomic E-state index is 0.166. The molecule has 0 saturated carbocycles. The van der Waals surface area contributed by atoms with E-state index in [-0.39, 0.29) is 5.78 Å². The molecule has 6 heteroatoms. The van der Waals surface area contributed by atoms with Gasteiger partial charge in [-0.05, 0) is 23.9 Å². The van der Waals surface area contributed by atoms with Crippen molar-refractivity contribution in [3.8, 4) is 0 Å². The van der Waals surface area contributed by atoms with Gasteiger partial charge in [0.05, 0.1) is 10.6 Å². The van der Waals surface area contributed by atoms with Crippen molar-refractivity contribution in [3.63, 3.8) is 0 Å². The third kappa shape index (κ3) is 2.56. The van der Waals surface area contributed by atoms with Crippen molar-refractivity contribution in [2.75, 3.05) is 5.75 Å². The second kappa shape index (κ2) is 5.40. The van der Waals surface area contributed by atoms with E-state index in [1.165, 1.54) is 33.2 Å². The fraction of sp³-hybridized carbons (Fsp3) is 0.154. The molecule has 3 nitrogen and oxygen atoms in total. The Morgan fingerprint density at radius 3 is 2.95 bits per heavy atom. The van der Waals surface area contributed by atoms with Crippen LogP contribution in [-0.4, -0.2) is 21.7 Å². The minimum absolute atomic E-state index is 0.166. The summed E-state index contributed by atoms with van der Waals surface area (Å²) >= 11 is 4.49. The third-order valence-corrected chi connectivity index (χ3v) is 5.94. The largest absolute Gasteiger partial charge is 0.292 e. The Morgan fingerprint density at radius 1 is 1.37 bits per heavy atom. The highest BCUT2D eigenvalue weighted by Gasteiger charge is 2.15. The van der Waals surface area contributed by atoms with Gasteiger partial charge >= 0.3 is 0 Å². The highest BCUT2D eigenvalue weighted by molar-refractivity contribution is 8.01. The molecule has 0 fully saturated rings. The van der Waals surface area contributed by atoms with Gasteiger partial charge in [-0.3, -0.25) is 4.79 Å². The van der Waals surface area contributed by atoms with E-state index in [0.29, 0.717) is 5.75 Å². The molecule has 0 aliphatic carbocycles. The van der Waals surface area contributed by atoms with Crippen LogP contribution in [0.25, 0.3) is 10.1 Å². The summed E-state index contributed by atoms with van der Waals surface area (Å²) in [6.45, 7) is 2.02. The van der Waals surface area contributed by atoms with Crippen LogP contribution in [0, 0.1) is 6.92 Å². The van der Waals surface area contributed by atoms with Gasteiger partial charge in [0.25, 0.3) is 0 Å². The van der Waals surface area contributed by atoms with Gasteiger partial charge in [-0.1, -0.05) is 41.3 Å². The first-order chi connectivity index (χ1) is 9.25. The number of thiophene rings is 1. The number of nitrogens with zero attached hydrogens (tertiary/aromatic N) is 2. The third-order valence-electron chi connectivity index (χ3n) is 2.76. The standard InChI is InChI=1S/C13H10N2OS3/c1-8-9-4-2-3-5-11(9)19-12(8)10(16)6-17-13-15-14-7-18-13/h2-5,7H,6H2,1H3. The number of carbonyl (C=O) groups is 1. The molecule has 0 aliphatic heterocycles. The summed E-state index contributed by atoms with van der Waals surface area (Å²) in [6.07, 6.45) is 0. The first-order valence-electron chi connectivity index (χ1n) is 5.66. The molecule has 2 aromatic heterocycles. The number of hydrogen-bond donors (Lipinski definition) is 0. The van der Waals surface area contributed by atoms with E-state index in [1.54, 1.807) is 16.8 Å². The fourth-order valence-corrected chi connectivity index (χ4v) is 4.46. The van der Waals surface area contributed by atoms with Gasteiger partial charge in [-0.15, -0.1) is 21.5 Å². The molecule has 1 aromatic carbocycles. The van der Waals surface area contributed by atoms with E-state index < -0.39 is 0 Å². The molecule has 96 valence electrons. The summed E-state index contributed by atoms with van der Waals surface area (Å²) < 4.78 is 2.01. The van der Waals surface area contributed by atoms with E-state index in [4.69, 9.17) is 0 Å². The van der Waals surface area contributed by atoms with Gasteiger partial charge in [0, 0.05) is 4.70 Å². The predicted molar refractivity (Wildman–Crippen MR) is 81.5 cm³/mol. The van der Waals surface area contributed by atoms with Crippen molar-refractivity contribution in [1.29, 1.82) is 0 Å². The van der Waals surface area contributed by atoms with Gasteiger partial charge in [0.1, 0.15) is 5.51 Å². The molecule has 3 aromatic rings. The van der Waals surface area contributed by atoms with Crippen LogP contribution in [-0.2, 0) is 0 Å². The Labute approximate surface area is 122 Å². The monoisotopic (exact) mass is 306 g/mol. The number of ketones is 1. The zero-order chi connectivity index (χ0) is 13.2. The Morgan fingerprint density at radius 2 is 2.21 bits per heavy atom. The Balaban J connectivity index is 1.83. The normalized spacial score (nSPS) is 11.0. The lowest BCUT2D eigenvalue weighted by molar-refractivity contribution is 0.102. The van der Waals surface area contributed by atoms with Crippen LogP contribution in [0.15, 0.2) is 34.1 Å². The molecule has 0 bridgehead atoms. The van der Waals surface area contributed by atoms with Crippen molar-refractivity contribution in [3.05, 3.63) is 40.2 Å². The van der Waals surface area contributed by atoms with Gasteiger partial charge in [0.15, 0.2) is 10.1 Å². The zero-order valence-corrected chi connectivity index (χ0v) is 12.6. The summed E-state index contributed by atoms with van der Waals surface area (Å²) in [5, 5.41) is 8.87. The number of fused-ring (bicyclic) bond motifs is 1. The van der Waals surface area contributed by atoms with Crippen molar-refractivity contribution in [2.45, 2.75) is 11.3 Å². The number of aromatic nitrogens is 2. The van der Waals surface area contributed by atoms with Crippen molar-refractivity contribution >= 4 is 50.3 Å². The highest BCUT2D eigenvalue weighted by Crippen LogP contribution is 2.32. The lowest BCUT2D eigenvalue weighted by Gasteiger charge is -1.97. The summed E-state index contributed by atoms with van der Waals surface area (Å²) in [7, 11) is 0. The van der Waals surface area contributed by atoms with E-state index >= 15 is 0 Å². The maximum absolute atomic E-state index is 12.3. The topological polar surface area (TPSA) is 42.9 Å². The van der Waals surface area contributed by atoms with E-state index in [1.807, 2.05) is 19.1 Å². The first-order valence-corrected chi connectivity index (χ1v) is 8.34. The van der Waals surface area contributed by atoms with Crippen molar-refractivity contribution in [1.82, 2.24) is 10.2 Å². The Bertz CT molecular complexity index is 719. The van der Waals surface area contributed by atoms with E-state index in [2.05, 4.69) is 22.3 Å². The molecule has 0 atom stereocenters. The van der Waals surface area contributed by atoms with Crippen LogP contribution < -0.4 is 0 Å². The van der Waals surface area contributed by atoms with Crippen molar-refractivity contribution in [2.24, 2.45) is 0 Å². The Kier molecular flexibility index (Phi) is 3.63. The molecule has 0 unspecified atom stereocenters. The van der Waals surface area contributed by atoms with Gasteiger partial charge < -0.3 is 0 Å².